The van der Waals surface area contributed by atoms with Gasteiger partial charge in [0.25, 0.3) is 5.91 Å². The maximum atomic E-state index is 12.5. The summed E-state index contributed by atoms with van der Waals surface area (Å²) >= 11 is 0. The maximum Gasteiger partial charge on any atom is 0.274 e. The van der Waals surface area contributed by atoms with Crippen molar-refractivity contribution in [2.45, 2.75) is 6.54 Å². The quantitative estimate of drug-likeness (QED) is 0.631. The number of carbonyl (C=O) groups excluding carboxylic acids is 1. The zero-order valence-corrected chi connectivity index (χ0v) is 13.7. The van der Waals surface area contributed by atoms with E-state index in [2.05, 4.69) is 25.7 Å². The van der Waals surface area contributed by atoms with E-state index in [1.807, 2.05) is 6.07 Å². The monoisotopic (exact) mass is 338 g/mol. The third kappa shape index (κ3) is 3.81. The highest BCUT2D eigenvalue weighted by Crippen LogP contribution is 2.25. The summed E-state index contributed by atoms with van der Waals surface area (Å²) in [6, 6.07) is 10.6. The van der Waals surface area contributed by atoms with Crippen molar-refractivity contribution < 1.29 is 9.90 Å². The van der Waals surface area contributed by atoms with Gasteiger partial charge >= 0.3 is 0 Å². The third-order valence-electron chi connectivity index (χ3n) is 3.48. The number of aliphatic hydroxyl groups excluding tert-OH is 1. The van der Waals surface area contributed by atoms with Crippen molar-refractivity contribution in [1.82, 2.24) is 19.7 Å². The second kappa shape index (κ2) is 7.54. The number of rotatable bonds is 6. The van der Waals surface area contributed by atoms with E-state index in [0.717, 1.165) is 0 Å². The summed E-state index contributed by atoms with van der Waals surface area (Å²) in [6.07, 6.45) is 3.32. The molecule has 0 spiro atoms. The van der Waals surface area contributed by atoms with Gasteiger partial charge in [-0.25, -0.2) is 4.98 Å². The van der Waals surface area contributed by atoms with Gasteiger partial charge in [-0.3, -0.25) is 14.5 Å². The number of pyridine rings is 2. The molecule has 8 heteroatoms. The highest BCUT2D eigenvalue weighted by Gasteiger charge is 2.16. The molecule has 3 N–H and O–H groups in total. The molecule has 3 rings (SSSR count). The minimum absolute atomic E-state index is 0.0531. The van der Waals surface area contributed by atoms with Crippen LogP contribution in [0.15, 0.2) is 48.8 Å². The summed E-state index contributed by atoms with van der Waals surface area (Å²) < 4.78 is 1.57. The molecule has 3 heterocycles. The Morgan fingerprint density at radius 2 is 2.12 bits per heavy atom. The van der Waals surface area contributed by atoms with Crippen LogP contribution in [-0.4, -0.2) is 44.4 Å². The Morgan fingerprint density at radius 3 is 2.84 bits per heavy atom. The van der Waals surface area contributed by atoms with E-state index in [1.165, 1.54) is 0 Å². The molecule has 0 radical (unpaired) electrons. The predicted molar refractivity (Wildman–Crippen MR) is 94.3 cm³/mol. The highest BCUT2D eigenvalue weighted by molar-refractivity contribution is 6.04. The zero-order chi connectivity index (χ0) is 17.6. The van der Waals surface area contributed by atoms with Crippen molar-refractivity contribution in [2.75, 3.05) is 24.3 Å². The smallest absolute Gasteiger partial charge is 0.274 e. The van der Waals surface area contributed by atoms with Crippen LogP contribution in [0.1, 0.15) is 10.5 Å². The Kier molecular flexibility index (Phi) is 5.00. The first kappa shape index (κ1) is 16.6. The van der Waals surface area contributed by atoms with Gasteiger partial charge in [0.15, 0.2) is 0 Å². The molecule has 0 aliphatic carbocycles. The lowest BCUT2D eigenvalue weighted by atomic mass is 10.2. The van der Waals surface area contributed by atoms with Crippen molar-refractivity contribution in [3.63, 3.8) is 0 Å². The fraction of sp³-hybridized carbons (Fsp3) is 0.176. The lowest BCUT2D eigenvalue weighted by Crippen LogP contribution is -2.14. The number of amides is 1. The first-order chi connectivity index (χ1) is 12.2. The Bertz CT molecular complexity index is 863. The topological polar surface area (TPSA) is 105 Å². The van der Waals surface area contributed by atoms with Gasteiger partial charge in [-0.1, -0.05) is 12.1 Å². The minimum Gasteiger partial charge on any atom is -0.394 e. The minimum atomic E-state index is -0.349. The second-order valence-electron chi connectivity index (χ2n) is 5.21. The van der Waals surface area contributed by atoms with Gasteiger partial charge < -0.3 is 15.7 Å². The average molecular weight is 338 g/mol. The van der Waals surface area contributed by atoms with E-state index in [0.29, 0.717) is 29.4 Å². The van der Waals surface area contributed by atoms with Gasteiger partial charge in [0.1, 0.15) is 17.2 Å². The largest absolute Gasteiger partial charge is 0.394 e. The molecule has 0 saturated heterocycles. The molecular formula is C17H18N6O2. The van der Waals surface area contributed by atoms with Gasteiger partial charge in [0, 0.05) is 19.4 Å². The molecule has 3 aromatic heterocycles. The van der Waals surface area contributed by atoms with Crippen LogP contribution in [0.2, 0.25) is 0 Å². The van der Waals surface area contributed by atoms with Crippen molar-refractivity contribution in [1.29, 1.82) is 0 Å². The molecule has 0 aliphatic rings. The first-order valence-electron chi connectivity index (χ1n) is 7.77. The summed E-state index contributed by atoms with van der Waals surface area (Å²) in [5.41, 5.74) is 1.96. The molecule has 1 amide bonds. The predicted octanol–water partition coefficient (Wildman–Crippen LogP) is 1.63. The Balaban J connectivity index is 1.91. The number of aliphatic hydroxyl groups is 1. The van der Waals surface area contributed by atoms with Crippen LogP contribution in [0.4, 0.5) is 11.5 Å². The normalized spacial score (nSPS) is 10.5. The first-order valence-corrected chi connectivity index (χ1v) is 7.77. The lowest BCUT2D eigenvalue weighted by molar-refractivity contribution is 0.102. The van der Waals surface area contributed by atoms with Crippen molar-refractivity contribution in [3.05, 3.63) is 54.5 Å². The maximum absolute atomic E-state index is 12.5. The van der Waals surface area contributed by atoms with E-state index < -0.39 is 0 Å². The molecule has 0 saturated carbocycles. The third-order valence-corrected chi connectivity index (χ3v) is 3.48. The van der Waals surface area contributed by atoms with Gasteiger partial charge in [-0.05, 0) is 24.3 Å². The SMILES string of the molecule is CNc1cccc(C(=O)Nc2cn(CCO)nc2-c2ccccn2)n1. The fourth-order valence-electron chi connectivity index (χ4n) is 2.31. The number of hydrogen-bond acceptors (Lipinski definition) is 6. The Labute approximate surface area is 144 Å². The molecule has 25 heavy (non-hydrogen) atoms. The number of anilines is 2. The van der Waals surface area contributed by atoms with Gasteiger partial charge in [0.05, 0.1) is 24.5 Å². The van der Waals surface area contributed by atoms with E-state index in [-0.39, 0.29) is 18.2 Å². The van der Waals surface area contributed by atoms with Crippen molar-refractivity contribution >= 4 is 17.4 Å². The Morgan fingerprint density at radius 1 is 1.24 bits per heavy atom. The standard InChI is InChI=1S/C17H18N6O2/c1-18-15-7-4-6-13(20-15)17(25)21-14-11-23(9-10-24)22-16(14)12-5-2-3-8-19-12/h2-8,11,24H,9-10H2,1H3,(H,18,20)(H,21,25). The summed E-state index contributed by atoms with van der Waals surface area (Å²) in [7, 11) is 1.74. The molecule has 0 unspecified atom stereocenters. The van der Waals surface area contributed by atoms with E-state index in [9.17, 15) is 4.79 Å². The summed E-state index contributed by atoms with van der Waals surface area (Å²) in [5.74, 6) is 0.256. The average Bonchev–Trinajstić information content (AvgIpc) is 3.05. The zero-order valence-electron chi connectivity index (χ0n) is 13.7. The summed E-state index contributed by atoms with van der Waals surface area (Å²) in [4.78, 5) is 21.0. The highest BCUT2D eigenvalue weighted by atomic mass is 16.3. The van der Waals surface area contributed by atoms with Crippen LogP contribution in [0.3, 0.4) is 0 Å². The summed E-state index contributed by atoms with van der Waals surface area (Å²) in [6.45, 7) is 0.270. The molecule has 0 aromatic carbocycles. The molecule has 0 fully saturated rings. The van der Waals surface area contributed by atoms with E-state index in [1.54, 1.807) is 54.5 Å². The van der Waals surface area contributed by atoms with Crippen LogP contribution in [0.25, 0.3) is 11.4 Å². The van der Waals surface area contributed by atoms with Gasteiger partial charge in [-0.2, -0.15) is 5.10 Å². The number of nitrogens with zero attached hydrogens (tertiary/aromatic N) is 4. The number of aromatic nitrogens is 4. The number of hydrogen-bond donors (Lipinski definition) is 3. The molecule has 0 bridgehead atoms. The lowest BCUT2D eigenvalue weighted by Gasteiger charge is -2.06. The molecule has 0 aliphatic heterocycles. The van der Waals surface area contributed by atoms with Crippen LogP contribution >= 0.6 is 0 Å². The van der Waals surface area contributed by atoms with E-state index in [4.69, 9.17) is 5.11 Å². The van der Waals surface area contributed by atoms with E-state index >= 15 is 0 Å². The van der Waals surface area contributed by atoms with Crippen LogP contribution in [-0.2, 0) is 6.54 Å². The number of nitrogens with one attached hydrogen (secondary N) is 2. The molecule has 0 atom stereocenters. The second-order valence-corrected chi connectivity index (χ2v) is 5.21. The van der Waals surface area contributed by atoms with Gasteiger partial charge in [0.2, 0.25) is 0 Å². The summed E-state index contributed by atoms with van der Waals surface area (Å²) in [5, 5.41) is 19.2. The van der Waals surface area contributed by atoms with Crippen molar-refractivity contribution in [3.8, 4) is 11.4 Å². The molecular weight excluding hydrogens is 320 g/mol. The molecule has 3 aromatic rings. The van der Waals surface area contributed by atoms with Crippen LogP contribution in [0, 0.1) is 0 Å². The van der Waals surface area contributed by atoms with Crippen LogP contribution < -0.4 is 10.6 Å². The van der Waals surface area contributed by atoms with Gasteiger partial charge in [-0.15, -0.1) is 0 Å². The number of carbonyl (C=O) groups is 1. The molecule has 128 valence electrons. The fourth-order valence-corrected chi connectivity index (χ4v) is 2.31. The molecule has 8 nitrogen and oxygen atoms in total. The van der Waals surface area contributed by atoms with Crippen molar-refractivity contribution in [2.24, 2.45) is 0 Å². The Hall–Kier alpha value is -3.26. The van der Waals surface area contributed by atoms with Crippen LogP contribution in [0.5, 0.6) is 0 Å².